The Morgan fingerprint density at radius 3 is 2.71 bits per heavy atom. The molecule has 114 valence electrons. The Morgan fingerprint density at radius 1 is 1.33 bits per heavy atom. The van der Waals surface area contributed by atoms with E-state index in [4.69, 9.17) is 9.84 Å². The van der Waals surface area contributed by atoms with E-state index < -0.39 is 11.9 Å². The number of carbonyl (C=O) groups excluding carboxylic acids is 1. The maximum absolute atomic E-state index is 12.0. The van der Waals surface area contributed by atoms with Crippen molar-refractivity contribution in [2.75, 3.05) is 19.7 Å². The van der Waals surface area contributed by atoms with Gasteiger partial charge in [-0.3, -0.25) is 9.59 Å². The molecule has 1 aliphatic heterocycles. The van der Waals surface area contributed by atoms with Gasteiger partial charge in [-0.2, -0.15) is 0 Å². The molecule has 1 atom stereocenters. The summed E-state index contributed by atoms with van der Waals surface area (Å²) in [4.78, 5) is 24.5. The van der Waals surface area contributed by atoms with Crippen molar-refractivity contribution in [2.24, 2.45) is 5.92 Å². The van der Waals surface area contributed by atoms with Gasteiger partial charge in [0, 0.05) is 13.1 Å². The van der Waals surface area contributed by atoms with E-state index in [2.05, 4.69) is 0 Å². The summed E-state index contributed by atoms with van der Waals surface area (Å²) in [5.74, 6) is -0.524. The zero-order chi connectivity index (χ0) is 15.4. The third-order valence-corrected chi connectivity index (χ3v) is 3.95. The van der Waals surface area contributed by atoms with Gasteiger partial charge in [-0.25, -0.2) is 0 Å². The molecule has 0 radical (unpaired) electrons. The van der Waals surface area contributed by atoms with Gasteiger partial charge in [-0.15, -0.1) is 0 Å². The number of benzene rings is 1. The van der Waals surface area contributed by atoms with Crippen molar-refractivity contribution in [3.8, 4) is 5.75 Å². The Kier molecular flexibility index (Phi) is 4.83. The highest BCUT2D eigenvalue weighted by Gasteiger charge is 2.30. The number of hydrogen-bond acceptors (Lipinski definition) is 3. The van der Waals surface area contributed by atoms with Crippen molar-refractivity contribution in [1.82, 2.24) is 4.90 Å². The van der Waals surface area contributed by atoms with Crippen LogP contribution in [0.5, 0.6) is 5.75 Å². The fourth-order valence-electron chi connectivity index (χ4n) is 2.41. The standard InChI is InChI=1S/C16H21NO4/c1-11-3-4-14(9-12(11)2)21-8-6-15(18)17-7-5-13(10-17)16(19)20/h3-4,9,13H,5-8,10H2,1-2H3,(H,19,20)/t13-/m0/s1. The number of likely N-dealkylation sites (tertiary alicyclic amines) is 1. The van der Waals surface area contributed by atoms with Gasteiger partial charge in [-0.1, -0.05) is 6.07 Å². The van der Waals surface area contributed by atoms with Crippen molar-refractivity contribution in [2.45, 2.75) is 26.7 Å². The lowest BCUT2D eigenvalue weighted by atomic mass is 10.1. The largest absolute Gasteiger partial charge is 0.493 e. The molecule has 0 bridgehead atoms. The molecule has 0 spiro atoms. The average molecular weight is 291 g/mol. The second-order valence-electron chi connectivity index (χ2n) is 5.51. The Bertz CT molecular complexity index is 541. The molecule has 1 N–H and O–H groups in total. The van der Waals surface area contributed by atoms with Crippen molar-refractivity contribution in [3.63, 3.8) is 0 Å². The van der Waals surface area contributed by atoms with Crippen LogP contribution in [0.4, 0.5) is 0 Å². The predicted octanol–water partition coefficient (Wildman–Crippen LogP) is 2.01. The monoisotopic (exact) mass is 291 g/mol. The highest BCUT2D eigenvalue weighted by Crippen LogP contribution is 2.18. The van der Waals surface area contributed by atoms with E-state index in [-0.39, 0.29) is 12.3 Å². The Hall–Kier alpha value is -2.04. The Balaban J connectivity index is 1.77. The molecule has 1 fully saturated rings. The lowest BCUT2D eigenvalue weighted by Gasteiger charge is -2.16. The van der Waals surface area contributed by atoms with Crippen LogP contribution >= 0.6 is 0 Å². The summed E-state index contributed by atoms with van der Waals surface area (Å²) in [6.07, 6.45) is 0.818. The van der Waals surface area contributed by atoms with E-state index in [1.165, 1.54) is 5.56 Å². The molecule has 1 aromatic rings. The summed E-state index contributed by atoms with van der Waals surface area (Å²) in [6.45, 7) is 5.21. The Labute approximate surface area is 124 Å². The highest BCUT2D eigenvalue weighted by atomic mass is 16.5. The number of carboxylic acid groups (broad SMARTS) is 1. The molecule has 5 heteroatoms. The van der Waals surface area contributed by atoms with E-state index in [0.717, 1.165) is 11.3 Å². The van der Waals surface area contributed by atoms with Crippen molar-refractivity contribution in [3.05, 3.63) is 29.3 Å². The first-order chi connectivity index (χ1) is 9.97. The smallest absolute Gasteiger partial charge is 0.308 e. The van der Waals surface area contributed by atoms with E-state index in [1.54, 1.807) is 4.90 Å². The van der Waals surface area contributed by atoms with Gasteiger partial charge in [0.2, 0.25) is 5.91 Å². The fourth-order valence-corrected chi connectivity index (χ4v) is 2.41. The van der Waals surface area contributed by atoms with Gasteiger partial charge < -0.3 is 14.7 Å². The van der Waals surface area contributed by atoms with Gasteiger partial charge in [0.1, 0.15) is 5.75 Å². The van der Waals surface area contributed by atoms with E-state index in [9.17, 15) is 9.59 Å². The number of aryl methyl sites for hydroxylation is 2. The SMILES string of the molecule is Cc1ccc(OCCC(=O)N2CC[C@H](C(=O)O)C2)cc1C. The minimum atomic E-state index is -0.823. The molecule has 1 aliphatic rings. The summed E-state index contributed by atoms with van der Waals surface area (Å²) < 4.78 is 5.58. The van der Waals surface area contributed by atoms with Crippen LogP contribution in [0.1, 0.15) is 24.0 Å². The second kappa shape index (κ2) is 6.61. The molecule has 0 aromatic heterocycles. The number of nitrogens with zero attached hydrogens (tertiary/aromatic N) is 1. The molecule has 0 saturated carbocycles. The Morgan fingerprint density at radius 2 is 2.10 bits per heavy atom. The highest BCUT2D eigenvalue weighted by molar-refractivity contribution is 5.78. The average Bonchev–Trinajstić information content (AvgIpc) is 2.92. The van der Waals surface area contributed by atoms with E-state index in [0.29, 0.717) is 26.1 Å². The summed E-state index contributed by atoms with van der Waals surface area (Å²) >= 11 is 0. The van der Waals surface area contributed by atoms with E-state index >= 15 is 0 Å². The van der Waals surface area contributed by atoms with Crippen LogP contribution in [0.2, 0.25) is 0 Å². The second-order valence-corrected chi connectivity index (χ2v) is 5.51. The first-order valence-electron chi connectivity index (χ1n) is 7.18. The topological polar surface area (TPSA) is 66.8 Å². The minimum Gasteiger partial charge on any atom is -0.493 e. The molecule has 0 unspecified atom stereocenters. The fraction of sp³-hybridized carbons (Fsp3) is 0.500. The number of amides is 1. The van der Waals surface area contributed by atoms with Gasteiger partial charge in [-0.05, 0) is 43.5 Å². The predicted molar refractivity (Wildman–Crippen MR) is 78.4 cm³/mol. The van der Waals surface area contributed by atoms with Crippen molar-refractivity contribution < 1.29 is 19.4 Å². The lowest BCUT2D eigenvalue weighted by Crippen LogP contribution is -2.30. The third-order valence-electron chi connectivity index (χ3n) is 3.95. The first-order valence-corrected chi connectivity index (χ1v) is 7.18. The van der Waals surface area contributed by atoms with Crippen LogP contribution in [0.15, 0.2) is 18.2 Å². The number of carboxylic acids is 1. The van der Waals surface area contributed by atoms with Crippen molar-refractivity contribution in [1.29, 1.82) is 0 Å². The molecule has 21 heavy (non-hydrogen) atoms. The summed E-state index contributed by atoms with van der Waals surface area (Å²) in [5, 5.41) is 8.92. The molecule has 0 aliphatic carbocycles. The van der Waals surface area contributed by atoms with Crippen molar-refractivity contribution >= 4 is 11.9 Å². The maximum Gasteiger partial charge on any atom is 0.308 e. The van der Waals surface area contributed by atoms with Crippen LogP contribution in [0, 0.1) is 19.8 Å². The third kappa shape index (κ3) is 3.97. The molecular weight excluding hydrogens is 270 g/mol. The van der Waals surface area contributed by atoms with Gasteiger partial charge in [0.15, 0.2) is 0 Å². The number of carbonyl (C=O) groups is 2. The molecule has 1 aromatic carbocycles. The zero-order valence-electron chi connectivity index (χ0n) is 12.5. The van der Waals surface area contributed by atoms with Gasteiger partial charge in [0.05, 0.1) is 18.9 Å². The number of rotatable bonds is 5. The zero-order valence-corrected chi connectivity index (χ0v) is 12.5. The first kappa shape index (κ1) is 15.4. The number of hydrogen-bond donors (Lipinski definition) is 1. The number of aliphatic carboxylic acids is 1. The summed E-state index contributed by atoms with van der Waals surface area (Å²) in [7, 11) is 0. The molecule has 5 nitrogen and oxygen atoms in total. The molecule has 1 saturated heterocycles. The number of ether oxygens (including phenoxy) is 1. The quantitative estimate of drug-likeness (QED) is 0.901. The van der Waals surface area contributed by atoms with Crippen LogP contribution < -0.4 is 4.74 Å². The van der Waals surface area contributed by atoms with Crippen LogP contribution in [-0.4, -0.2) is 41.6 Å². The van der Waals surface area contributed by atoms with Crippen LogP contribution in [0.25, 0.3) is 0 Å². The molecule has 1 heterocycles. The van der Waals surface area contributed by atoms with E-state index in [1.807, 2.05) is 32.0 Å². The lowest BCUT2D eigenvalue weighted by molar-refractivity contribution is -0.141. The van der Waals surface area contributed by atoms with Crippen LogP contribution in [0.3, 0.4) is 0 Å². The van der Waals surface area contributed by atoms with Gasteiger partial charge in [0.25, 0.3) is 0 Å². The van der Waals surface area contributed by atoms with Gasteiger partial charge >= 0.3 is 5.97 Å². The van der Waals surface area contributed by atoms with Crippen LogP contribution in [-0.2, 0) is 9.59 Å². The molecule has 1 amide bonds. The normalized spacial score (nSPS) is 17.8. The summed E-state index contributed by atoms with van der Waals surface area (Å²) in [6, 6.07) is 5.84. The molecular formula is C16H21NO4. The summed E-state index contributed by atoms with van der Waals surface area (Å²) in [5.41, 5.74) is 2.36. The molecule has 2 rings (SSSR count). The minimum absolute atomic E-state index is 0.0393. The maximum atomic E-state index is 12.0.